The minimum absolute atomic E-state index is 0.00783. The van der Waals surface area contributed by atoms with Gasteiger partial charge in [0.2, 0.25) is 5.91 Å². The quantitative estimate of drug-likeness (QED) is 0.630. The Morgan fingerprint density at radius 1 is 1.43 bits per heavy atom. The van der Waals surface area contributed by atoms with Crippen LogP contribution in [0, 0.1) is 0 Å². The number of carbonyl (C=O) groups is 1. The van der Waals surface area contributed by atoms with Crippen LogP contribution in [0.1, 0.15) is 30.0 Å². The number of isothiocyanates is 1. The molecule has 1 amide bonds. The SMILES string of the molecule is O=C1CCCN1CC(N=C=S)c1cccc(C(F)(F)F)c1. The van der Waals surface area contributed by atoms with Crippen LogP contribution in [-0.4, -0.2) is 29.1 Å². The van der Waals surface area contributed by atoms with E-state index in [1.54, 1.807) is 11.0 Å². The number of hydrogen-bond donors (Lipinski definition) is 0. The van der Waals surface area contributed by atoms with Crippen LogP contribution < -0.4 is 0 Å². The van der Waals surface area contributed by atoms with Crippen LogP contribution in [0.5, 0.6) is 0 Å². The zero-order valence-electron chi connectivity index (χ0n) is 11.1. The molecule has 7 heteroatoms. The third kappa shape index (κ3) is 3.89. The predicted molar refractivity (Wildman–Crippen MR) is 75.0 cm³/mol. The highest BCUT2D eigenvalue weighted by Crippen LogP contribution is 2.31. The lowest BCUT2D eigenvalue weighted by Gasteiger charge is -2.21. The van der Waals surface area contributed by atoms with Gasteiger partial charge < -0.3 is 4.90 Å². The van der Waals surface area contributed by atoms with Crippen molar-refractivity contribution in [2.24, 2.45) is 4.99 Å². The molecule has 1 fully saturated rings. The molecule has 1 heterocycles. The van der Waals surface area contributed by atoms with Gasteiger partial charge in [-0.25, -0.2) is 4.99 Å². The standard InChI is InChI=1S/C14H13F3N2OS/c15-14(16,17)11-4-1-3-10(7-11)12(18-9-21)8-19-6-2-5-13(19)20/h1,3-4,7,12H,2,5-6,8H2. The minimum atomic E-state index is -4.41. The van der Waals surface area contributed by atoms with E-state index in [-0.39, 0.29) is 12.5 Å². The number of benzene rings is 1. The predicted octanol–water partition coefficient (Wildman–Crippen LogP) is 3.47. The largest absolute Gasteiger partial charge is 0.416 e. The van der Waals surface area contributed by atoms with Gasteiger partial charge >= 0.3 is 6.18 Å². The van der Waals surface area contributed by atoms with Crippen LogP contribution in [0.4, 0.5) is 13.2 Å². The van der Waals surface area contributed by atoms with E-state index in [4.69, 9.17) is 0 Å². The van der Waals surface area contributed by atoms with Gasteiger partial charge in [0.05, 0.1) is 10.7 Å². The maximum atomic E-state index is 12.8. The van der Waals surface area contributed by atoms with Crippen LogP contribution in [0.2, 0.25) is 0 Å². The molecule has 1 atom stereocenters. The lowest BCUT2D eigenvalue weighted by molar-refractivity contribution is -0.137. The van der Waals surface area contributed by atoms with Crippen LogP contribution in [0.15, 0.2) is 29.3 Å². The Bertz CT molecular complexity index is 582. The summed E-state index contributed by atoms with van der Waals surface area (Å²) in [6, 6.07) is 4.31. The summed E-state index contributed by atoms with van der Waals surface area (Å²) in [5, 5.41) is 2.20. The van der Waals surface area contributed by atoms with E-state index in [1.807, 2.05) is 0 Å². The van der Waals surface area contributed by atoms with Crippen LogP contribution in [-0.2, 0) is 11.0 Å². The molecule has 1 unspecified atom stereocenters. The first-order valence-corrected chi connectivity index (χ1v) is 6.84. The number of amides is 1. The van der Waals surface area contributed by atoms with E-state index in [0.717, 1.165) is 18.6 Å². The van der Waals surface area contributed by atoms with E-state index in [2.05, 4.69) is 22.4 Å². The van der Waals surface area contributed by atoms with Crippen LogP contribution in [0.3, 0.4) is 0 Å². The fourth-order valence-electron chi connectivity index (χ4n) is 2.31. The zero-order valence-corrected chi connectivity index (χ0v) is 11.9. The van der Waals surface area contributed by atoms with E-state index in [0.29, 0.717) is 18.5 Å². The molecule has 1 aromatic rings. The number of aliphatic imine (C=N–C) groups is 1. The van der Waals surface area contributed by atoms with Crippen molar-refractivity contribution in [3.8, 4) is 0 Å². The number of nitrogens with zero attached hydrogens (tertiary/aromatic N) is 2. The third-order valence-corrected chi connectivity index (χ3v) is 3.48. The monoisotopic (exact) mass is 314 g/mol. The van der Waals surface area contributed by atoms with Crippen molar-refractivity contribution < 1.29 is 18.0 Å². The van der Waals surface area contributed by atoms with Crippen molar-refractivity contribution in [2.45, 2.75) is 25.1 Å². The Hall–Kier alpha value is -1.72. The normalized spacial score (nSPS) is 16.7. The number of likely N-dealkylation sites (tertiary alicyclic amines) is 1. The Morgan fingerprint density at radius 3 is 2.76 bits per heavy atom. The molecule has 0 radical (unpaired) electrons. The molecule has 112 valence electrons. The molecule has 1 aliphatic rings. The number of halogens is 3. The lowest BCUT2D eigenvalue weighted by atomic mass is 10.0. The second-order valence-electron chi connectivity index (χ2n) is 4.80. The first-order chi connectivity index (χ1) is 9.91. The molecule has 3 nitrogen and oxygen atoms in total. The molecule has 0 saturated carbocycles. The van der Waals surface area contributed by atoms with Gasteiger partial charge in [-0.1, -0.05) is 12.1 Å². The van der Waals surface area contributed by atoms with Gasteiger partial charge in [0.25, 0.3) is 0 Å². The van der Waals surface area contributed by atoms with Crippen molar-refractivity contribution in [1.82, 2.24) is 4.90 Å². The van der Waals surface area contributed by atoms with Crippen molar-refractivity contribution in [2.75, 3.05) is 13.1 Å². The molecule has 0 bridgehead atoms. The van der Waals surface area contributed by atoms with E-state index >= 15 is 0 Å². The van der Waals surface area contributed by atoms with Crippen molar-refractivity contribution in [1.29, 1.82) is 0 Å². The Morgan fingerprint density at radius 2 is 2.19 bits per heavy atom. The highest BCUT2D eigenvalue weighted by Gasteiger charge is 2.31. The topological polar surface area (TPSA) is 32.7 Å². The highest BCUT2D eigenvalue weighted by atomic mass is 32.1. The number of thiocarbonyl (C=S) groups is 1. The number of rotatable bonds is 4. The van der Waals surface area contributed by atoms with E-state index in [9.17, 15) is 18.0 Å². The van der Waals surface area contributed by atoms with Gasteiger partial charge in [0, 0.05) is 19.5 Å². The molecule has 2 rings (SSSR count). The molecule has 0 aromatic heterocycles. The van der Waals surface area contributed by atoms with Gasteiger partial charge in [0.15, 0.2) is 0 Å². The smallest absolute Gasteiger partial charge is 0.340 e. The van der Waals surface area contributed by atoms with Gasteiger partial charge in [-0.2, -0.15) is 13.2 Å². The average Bonchev–Trinajstić information content (AvgIpc) is 2.83. The van der Waals surface area contributed by atoms with Gasteiger partial charge in [-0.3, -0.25) is 4.79 Å². The summed E-state index contributed by atoms with van der Waals surface area (Å²) in [7, 11) is 0. The van der Waals surface area contributed by atoms with Gasteiger partial charge in [0.1, 0.15) is 6.04 Å². The zero-order chi connectivity index (χ0) is 15.5. The summed E-state index contributed by atoms with van der Waals surface area (Å²) in [6.07, 6.45) is -3.18. The molecular formula is C14H13F3N2OS. The molecule has 1 aromatic carbocycles. The molecule has 0 aliphatic carbocycles. The average molecular weight is 314 g/mol. The van der Waals surface area contributed by atoms with Crippen LogP contribution in [0.25, 0.3) is 0 Å². The van der Waals surface area contributed by atoms with Crippen molar-refractivity contribution >= 4 is 23.3 Å². The first-order valence-electron chi connectivity index (χ1n) is 6.43. The molecule has 21 heavy (non-hydrogen) atoms. The first kappa shape index (κ1) is 15.7. The fraction of sp³-hybridized carbons (Fsp3) is 0.429. The molecule has 0 spiro atoms. The number of alkyl halides is 3. The number of hydrogen-bond acceptors (Lipinski definition) is 3. The van der Waals surface area contributed by atoms with E-state index < -0.39 is 17.8 Å². The van der Waals surface area contributed by atoms with Gasteiger partial charge in [-0.15, -0.1) is 0 Å². The summed E-state index contributed by atoms with van der Waals surface area (Å²) >= 11 is 4.56. The summed E-state index contributed by atoms with van der Waals surface area (Å²) in [5.74, 6) is -0.00783. The second kappa shape index (κ2) is 6.37. The highest BCUT2D eigenvalue weighted by molar-refractivity contribution is 7.78. The van der Waals surface area contributed by atoms with Crippen LogP contribution >= 0.6 is 12.2 Å². The number of carbonyl (C=O) groups excluding carboxylic acids is 1. The molecule has 1 saturated heterocycles. The second-order valence-corrected chi connectivity index (χ2v) is 4.99. The summed E-state index contributed by atoms with van der Waals surface area (Å²) < 4.78 is 38.3. The Kier molecular flexibility index (Phi) is 4.75. The van der Waals surface area contributed by atoms with E-state index in [1.165, 1.54) is 6.07 Å². The molecular weight excluding hydrogens is 301 g/mol. The maximum absolute atomic E-state index is 12.8. The summed E-state index contributed by atoms with van der Waals surface area (Å²) in [6.45, 7) is 0.824. The molecule has 1 aliphatic heterocycles. The fourth-order valence-corrected chi connectivity index (χ4v) is 2.44. The van der Waals surface area contributed by atoms with Gasteiger partial charge in [-0.05, 0) is 36.3 Å². The van der Waals surface area contributed by atoms with Crippen molar-refractivity contribution in [3.05, 3.63) is 35.4 Å². The molecule has 0 N–H and O–H groups in total. The Labute approximate surface area is 125 Å². The third-order valence-electron chi connectivity index (χ3n) is 3.37. The summed E-state index contributed by atoms with van der Waals surface area (Å²) in [5.41, 5.74) is -0.362. The Balaban J connectivity index is 2.26. The van der Waals surface area contributed by atoms with Crippen molar-refractivity contribution in [3.63, 3.8) is 0 Å². The maximum Gasteiger partial charge on any atom is 0.416 e. The lowest BCUT2D eigenvalue weighted by Crippen LogP contribution is -2.29. The summed E-state index contributed by atoms with van der Waals surface area (Å²) in [4.78, 5) is 17.1. The minimum Gasteiger partial charge on any atom is -0.340 e.